The van der Waals surface area contributed by atoms with Crippen LogP contribution in [0.2, 0.25) is 0 Å². The van der Waals surface area contributed by atoms with Gasteiger partial charge in [-0.25, -0.2) is 0 Å². The lowest BCUT2D eigenvalue weighted by Gasteiger charge is -2.20. The van der Waals surface area contributed by atoms with Crippen LogP contribution in [0.15, 0.2) is 42.5 Å². The van der Waals surface area contributed by atoms with Crippen molar-refractivity contribution in [1.29, 1.82) is 0 Å². The van der Waals surface area contributed by atoms with Crippen molar-refractivity contribution in [2.24, 2.45) is 5.92 Å². The molecular formula is C22H26N2O2. The van der Waals surface area contributed by atoms with Crippen molar-refractivity contribution >= 4 is 23.2 Å². The fraction of sp³-hybridized carbons (Fsp3) is 0.364. The minimum Gasteiger partial charge on any atom is -0.326 e. The number of amides is 2. The van der Waals surface area contributed by atoms with E-state index in [2.05, 4.69) is 19.2 Å². The van der Waals surface area contributed by atoms with E-state index >= 15 is 0 Å². The molecule has 1 saturated heterocycles. The third-order valence-electron chi connectivity index (χ3n) is 5.21. The SMILES string of the molecule is Cc1cccc(N2C[C@H](C(=O)Nc3ccc(C(C)C)cc3)CC2=O)c1C. The van der Waals surface area contributed by atoms with Crippen LogP contribution in [-0.2, 0) is 9.59 Å². The highest BCUT2D eigenvalue weighted by Gasteiger charge is 2.35. The van der Waals surface area contributed by atoms with Gasteiger partial charge in [-0.3, -0.25) is 9.59 Å². The summed E-state index contributed by atoms with van der Waals surface area (Å²) in [5.41, 5.74) is 5.16. The van der Waals surface area contributed by atoms with Gasteiger partial charge in [0.05, 0.1) is 5.92 Å². The van der Waals surface area contributed by atoms with Crippen molar-refractivity contribution in [1.82, 2.24) is 0 Å². The minimum absolute atomic E-state index is 0.00834. The van der Waals surface area contributed by atoms with Crippen molar-refractivity contribution in [3.05, 3.63) is 59.2 Å². The Balaban J connectivity index is 1.70. The van der Waals surface area contributed by atoms with Crippen molar-refractivity contribution in [3.8, 4) is 0 Å². The third kappa shape index (κ3) is 3.64. The average molecular weight is 350 g/mol. The molecule has 0 aromatic heterocycles. The maximum Gasteiger partial charge on any atom is 0.229 e. The Hall–Kier alpha value is -2.62. The predicted molar refractivity (Wildman–Crippen MR) is 106 cm³/mol. The van der Waals surface area contributed by atoms with E-state index in [1.54, 1.807) is 4.90 Å². The number of nitrogens with one attached hydrogen (secondary N) is 1. The van der Waals surface area contributed by atoms with Gasteiger partial charge in [0.25, 0.3) is 0 Å². The van der Waals surface area contributed by atoms with Gasteiger partial charge in [0.15, 0.2) is 0 Å². The molecule has 1 N–H and O–H groups in total. The van der Waals surface area contributed by atoms with Gasteiger partial charge in [-0.05, 0) is 54.7 Å². The summed E-state index contributed by atoms with van der Waals surface area (Å²) in [5, 5.41) is 2.95. The molecule has 1 atom stereocenters. The highest BCUT2D eigenvalue weighted by atomic mass is 16.2. The van der Waals surface area contributed by atoms with Crippen LogP contribution in [0.5, 0.6) is 0 Å². The van der Waals surface area contributed by atoms with Crippen molar-refractivity contribution in [3.63, 3.8) is 0 Å². The monoisotopic (exact) mass is 350 g/mol. The molecule has 1 heterocycles. The van der Waals surface area contributed by atoms with Crippen LogP contribution >= 0.6 is 0 Å². The number of anilines is 2. The molecule has 4 heteroatoms. The Morgan fingerprint density at radius 3 is 2.46 bits per heavy atom. The predicted octanol–water partition coefficient (Wildman–Crippen LogP) is 4.42. The molecular weight excluding hydrogens is 324 g/mol. The Morgan fingerprint density at radius 2 is 1.81 bits per heavy atom. The van der Waals surface area contributed by atoms with Gasteiger partial charge in [0.2, 0.25) is 11.8 Å². The second kappa shape index (κ2) is 7.32. The third-order valence-corrected chi connectivity index (χ3v) is 5.21. The van der Waals surface area contributed by atoms with Crippen molar-refractivity contribution < 1.29 is 9.59 Å². The number of hydrogen-bond donors (Lipinski definition) is 1. The van der Waals surface area contributed by atoms with Gasteiger partial charge in [0.1, 0.15) is 0 Å². The Labute approximate surface area is 155 Å². The van der Waals surface area contributed by atoms with E-state index in [0.29, 0.717) is 12.5 Å². The minimum atomic E-state index is -0.327. The molecule has 26 heavy (non-hydrogen) atoms. The first kappa shape index (κ1) is 18.2. The number of aryl methyl sites for hydroxylation is 1. The second-order valence-electron chi connectivity index (χ2n) is 7.39. The van der Waals surface area contributed by atoms with Crippen molar-refractivity contribution in [2.75, 3.05) is 16.8 Å². The first-order chi connectivity index (χ1) is 12.4. The zero-order chi connectivity index (χ0) is 18.8. The van der Waals surface area contributed by atoms with E-state index in [1.807, 2.05) is 56.3 Å². The lowest BCUT2D eigenvalue weighted by Crippen LogP contribution is -2.28. The summed E-state index contributed by atoms with van der Waals surface area (Å²) in [6.45, 7) is 8.75. The molecule has 1 aliphatic rings. The van der Waals surface area contributed by atoms with Crippen LogP contribution in [0.1, 0.15) is 42.9 Å². The van der Waals surface area contributed by atoms with Crippen LogP contribution < -0.4 is 10.2 Å². The maximum atomic E-state index is 12.6. The highest BCUT2D eigenvalue weighted by molar-refractivity contribution is 6.03. The molecule has 0 radical (unpaired) electrons. The number of nitrogens with zero attached hydrogens (tertiary/aromatic N) is 1. The molecule has 4 nitrogen and oxygen atoms in total. The lowest BCUT2D eigenvalue weighted by atomic mass is 10.0. The van der Waals surface area contributed by atoms with Gasteiger partial charge < -0.3 is 10.2 Å². The Bertz CT molecular complexity index is 825. The molecule has 2 aromatic rings. The molecule has 0 spiro atoms. The molecule has 0 saturated carbocycles. The van der Waals surface area contributed by atoms with E-state index in [4.69, 9.17) is 0 Å². The van der Waals surface area contributed by atoms with Gasteiger partial charge in [-0.1, -0.05) is 38.1 Å². The molecule has 0 unspecified atom stereocenters. The molecule has 1 fully saturated rings. The smallest absolute Gasteiger partial charge is 0.229 e. The summed E-state index contributed by atoms with van der Waals surface area (Å²) in [7, 11) is 0. The number of benzene rings is 2. The van der Waals surface area contributed by atoms with E-state index < -0.39 is 0 Å². The molecule has 1 aliphatic heterocycles. The Kier molecular flexibility index (Phi) is 5.12. The zero-order valence-electron chi connectivity index (χ0n) is 15.9. The number of hydrogen-bond acceptors (Lipinski definition) is 2. The van der Waals surface area contributed by atoms with Gasteiger partial charge in [-0.15, -0.1) is 0 Å². The average Bonchev–Trinajstić information content (AvgIpc) is 2.99. The summed E-state index contributed by atoms with van der Waals surface area (Å²) >= 11 is 0. The standard InChI is InChI=1S/C22H26N2O2/c1-14(2)17-8-10-19(11-9-17)23-22(26)18-12-21(25)24(13-18)20-7-5-6-15(3)16(20)4/h5-11,14,18H,12-13H2,1-4H3,(H,23,26)/t18-/m1/s1. The van der Waals surface area contributed by atoms with Crippen LogP contribution in [0, 0.1) is 19.8 Å². The fourth-order valence-electron chi connectivity index (χ4n) is 3.34. The van der Waals surface area contributed by atoms with E-state index in [0.717, 1.165) is 22.5 Å². The summed E-state index contributed by atoms with van der Waals surface area (Å²) in [5.74, 6) is 0.0444. The number of carbonyl (C=O) groups is 2. The van der Waals surface area contributed by atoms with E-state index in [9.17, 15) is 9.59 Å². The van der Waals surface area contributed by atoms with Crippen LogP contribution in [0.4, 0.5) is 11.4 Å². The lowest BCUT2D eigenvalue weighted by molar-refractivity contribution is -0.122. The van der Waals surface area contributed by atoms with Crippen LogP contribution in [0.3, 0.4) is 0 Å². The molecule has 2 amide bonds. The van der Waals surface area contributed by atoms with E-state index in [1.165, 1.54) is 5.56 Å². The first-order valence-corrected chi connectivity index (χ1v) is 9.14. The number of carbonyl (C=O) groups excluding carboxylic acids is 2. The van der Waals surface area contributed by atoms with Gasteiger partial charge >= 0.3 is 0 Å². The summed E-state index contributed by atoms with van der Waals surface area (Å²) in [6, 6.07) is 13.8. The second-order valence-corrected chi connectivity index (χ2v) is 7.39. The summed E-state index contributed by atoms with van der Waals surface area (Å²) in [4.78, 5) is 26.8. The van der Waals surface area contributed by atoms with Gasteiger partial charge in [0, 0.05) is 24.3 Å². The Morgan fingerprint density at radius 1 is 1.12 bits per heavy atom. The number of rotatable bonds is 4. The quantitative estimate of drug-likeness (QED) is 0.887. The molecule has 0 aliphatic carbocycles. The first-order valence-electron chi connectivity index (χ1n) is 9.14. The van der Waals surface area contributed by atoms with E-state index in [-0.39, 0.29) is 24.2 Å². The fourth-order valence-corrected chi connectivity index (χ4v) is 3.34. The summed E-state index contributed by atoms with van der Waals surface area (Å²) < 4.78 is 0. The highest BCUT2D eigenvalue weighted by Crippen LogP contribution is 2.30. The topological polar surface area (TPSA) is 49.4 Å². The van der Waals surface area contributed by atoms with Crippen LogP contribution in [-0.4, -0.2) is 18.4 Å². The molecule has 0 bridgehead atoms. The summed E-state index contributed by atoms with van der Waals surface area (Å²) in [6.07, 6.45) is 0.253. The normalized spacial score (nSPS) is 17.0. The van der Waals surface area contributed by atoms with Crippen LogP contribution in [0.25, 0.3) is 0 Å². The van der Waals surface area contributed by atoms with Gasteiger partial charge in [-0.2, -0.15) is 0 Å². The maximum absolute atomic E-state index is 12.6. The van der Waals surface area contributed by atoms with Crippen molar-refractivity contribution in [2.45, 2.75) is 40.0 Å². The molecule has 3 rings (SSSR count). The molecule has 2 aromatic carbocycles. The zero-order valence-corrected chi connectivity index (χ0v) is 15.9. The largest absolute Gasteiger partial charge is 0.326 e. The molecule has 136 valence electrons.